The average molecular weight is 485 g/mol. The Kier molecular flexibility index (Phi) is 8.17. The van der Waals surface area contributed by atoms with Crippen LogP contribution in [0.2, 0.25) is 16.6 Å². The summed E-state index contributed by atoms with van der Waals surface area (Å²) in [7, 11) is -1.92. The Hall–Kier alpha value is -2.10. The van der Waals surface area contributed by atoms with Gasteiger partial charge in [0.25, 0.3) is 0 Å². The van der Waals surface area contributed by atoms with Crippen molar-refractivity contribution < 1.29 is 14.7 Å². The van der Waals surface area contributed by atoms with Gasteiger partial charge in [-0.25, -0.2) is 9.28 Å². The summed E-state index contributed by atoms with van der Waals surface area (Å²) in [6.07, 6.45) is -0.790. The molecule has 0 fully saturated rings. The van der Waals surface area contributed by atoms with Gasteiger partial charge in [0.1, 0.15) is 31.4 Å². The number of benzene rings is 1. The molecule has 1 heterocycles. The van der Waals surface area contributed by atoms with Crippen molar-refractivity contribution in [2.24, 2.45) is 0 Å². The van der Waals surface area contributed by atoms with E-state index in [1.807, 2.05) is 25.1 Å². The molecule has 0 aromatic heterocycles. The van der Waals surface area contributed by atoms with Crippen molar-refractivity contribution in [3.63, 3.8) is 0 Å². The second-order valence-corrected chi connectivity index (χ2v) is 17.5. The maximum absolute atomic E-state index is 13.2. The third-order valence-electron chi connectivity index (χ3n) is 8.16. The molecule has 188 valence electrons. The summed E-state index contributed by atoms with van der Waals surface area (Å²) in [4.78, 5) is 24.8. The monoisotopic (exact) mass is 484 g/mol. The zero-order valence-corrected chi connectivity index (χ0v) is 24.0. The second kappa shape index (κ2) is 9.87. The lowest BCUT2D eigenvalue weighted by atomic mass is 9.83. The number of fused-ring (bicyclic) bond motifs is 1. The van der Waals surface area contributed by atoms with Crippen molar-refractivity contribution in [1.29, 1.82) is 0 Å². The number of hydrogen-bond donors (Lipinski definition) is 1. The number of carbonyl (C=O) groups excluding carboxylic acids is 2. The molecule has 1 aromatic rings. The molecule has 0 radical (unpaired) electrons. The second-order valence-electron chi connectivity index (χ2n) is 11.9. The van der Waals surface area contributed by atoms with Gasteiger partial charge in [-0.3, -0.25) is 0 Å². The molecule has 0 saturated carbocycles. The first-order chi connectivity index (χ1) is 15.5. The molecule has 34 heavy (non-hydrogen) atoms. The van der Waals surface area contributed by atoms with Gasteiger partial charge in [0.15, 0.2) is 0 Å². The largest absolute Gasteiger partial charge is 0.530 e. The summed E-state index contributed by atoms with van der Waals surface area (Å²) >= 11 is 0. The van der Waals surface area contributed by atoms with E-state index in [0.717, 1.165) is 16.8 Å². The first-order valence-corrected chi connectivity index (χ1v) is 14.8. The van der Waals surface area contributed by atoms with E-state index in [0.29, 0.717) is 23.0 Å². The SMILES string of the molecule is CC(=O)[N+]1(C(C)(C)C)c2ccc(C#C[Si](C(C)C)(C(C)C)C(C)C)cc2[C@H](NC(=O)[O-])C[C@@H]1C. The highest BCUT2D eigenvalue weighted by Crippen LogP contribution is 2.48. The highest BCUT2D eigenvalue weighted by Gasteiger charge is 2.55. The molecule has 1 aliphatic heterocycles. The van der Waals surface area contributed by atoms with Crippen LogP contribution in [0.1, 0.15) is 99.8 Å². The molecule has 0 bridgehead atoms. The third-order valence-corrected chi connectivity index (χ3v) is 14.4. The van der Waals surface area contributed by atoms with Crippen LogP contribution in [0, 0.1) is 11.5 Å². The molecule has 1 N–H and O–H groups in total. The molecule has 1 aliphatic rings. The highest BCUT2D eigenvalue weighted by atomic mass is 28.3. The lowest BCUT2D eigenvalue weighted by Gasteiger charge is -2.53. The first-order valence-electron chi connectivity index (χ1n) is 12.6. The Morgan fingerprint density at radius 3 is 2.03 bits per heavy atom. The van der Waals surface area contributed by atoms with Crippen molar-refractivity contribution in [2.45, 2.75) is 117 Å². The van der Waals surface area contributed by atoms with Crippen LogP contribution in [0.25, 0.3) is 0 Å². The summed E-state index contributed by atoms with van der Waals surface area (Å²) in [6, 6.07) is 5.46. The summed E-state index contributed by atoms with van der Waals surface area (Å²) < 4.78 is 0.171. The fraction of sp³-hybridized carbons (Fsp3) is 0.643. The predicted molar refractivity (Wildman–Crippen MR) is 142 cm³/mol. The van der Waals surface area contributed by atoms with Crippen LogP contribution < -0.4 is 14.9 Å². The van der Waals surface area contributed by atoms with Gasteiger partial charge in [0, 0.05) is 23.6 Å². The molecular weight excluding hydrogens is 440 g/mol. The minimum absolute atomic E-state index is 0.0535. The van der Waals surface area contributed by atoms with E-state index in [-0.39, 0.29) is 16.4 Å². The summed E-state index contributed by atoms with van der Waals surface area (Å²) in [5.74, 6) is 3.54. The Labute approximate surface area is 207 Å². The molecule has 2 amide bonds. The number of carboxylic acid groups (broad SMARTS) is 1. The van der Waals surface area contributed by atoms with E-state index in [1.54, 1.807) is 6.92 Å². The van der Waals surface area contributed by atoms with Crippen molar-refractivity contribution in [2.75, 3.05) is 0 Å². The topological polar surface area (TPSA) is 69.2 Å². The molecule has 2 rings (SSSR count). The molecule has 5 nitrogen and oxygen atoms in total. The lowest BCUT2D eigenvalue weighted by molar-refractivity contribution is -0.252. The van der Waals surface area contributed by atoms with Crippen molar-refractivity contribution in [3.05, 3.63) is 29.3 Å². The van der Waals surface area contributed by atoms with Gasteiger partial charge >= 0.3 is 5.91 Å². The van der Waals surface area contributed by atoms with Crippen LogP contribution in [0.3, 0.4) is 0 Å². The minimum atomic E-state index is -1.92. The maximum atomic E-state index is 13.2. The number of nitrogens with one attached hydrogen (secondary N) is 1. The molecule has 0 aliphatic carbocycles. The van der Waals surface area contributed by atoms with E-state index in [2.05, 4.69) is 79.1 Å². The number of amides is 2. The Bertz CT molecular complexity index is 975. The third kappa shape index (κ3) is 4.57. The maximum Gasteiger partial charge on any atom is 0.316 e. The molecule has 1 unspecified atom stereocenters. The van der Waals surface area contributed by atoms with Gasteiger partial charge in [0.05, 0.1) is 13.0 Å². The lowest BCUT2D eigenvalue weighted by Crippen LogP contribution is -2.71. The molecule has 3 atom stereocenters. The summed E-state index contributed by atoms with van der Waals surface area (Å²) in [6.45, 7) is 23.6. The van der Waals surface area contributed by atoms with Crippen molar-refractivity contribution in [1.82, 2.24) is 9.80 Å². The van der Waals surface area contributed by atoms with E-state index in [9.17, 15) is 14.7 Å². The highest BCUT2D eigenvalue weighted by molar-refractivity contribution is 6.90. The van der Waals surface area contributed by atoms with Crippen molar-refractivity contribution in [3.8, 4) is 11.5 Å². The number of rotatable bonds is 4. The van der Waals surface area contributed by atoms with Crippen LogP contribution >= 0.6 is 0 Å². The zero-order valence-electron chi connectivity index (χ0n) is 23.0. The van der Waals surface area contributed by atoms with Crippen LogP contribution in [0.5, 0.6) is 0 Å². The van der Waals surface area contributed by atoms with E-state index in [1.165, 1.54) is 0 Å². The van der Waals surface area contributed by atoms with Crippen LogP contribution in [-0.4, -0.2) is 31.7 Å². The Morgan fingerprint density at radius 1 is 1.09 bits per heavy atom. The van der Waals surface area contributed by atoms with Crippen LogP contribution in [0.15, 0.2) is 18.2 Å². The van der Waals surface area contributed by atoms with Gasteiger partial charge < -0.3 is 15.2 Å². The Morgan fingerprint density at radius 2 is 1.62 bits per heavy atom. The zero-order chi connectivity index (χ0) is 26.2. The smallest absolute Gasteiger partial charge is 0.316 e. The van der Waals surface area contributed by atoms with Crippen LogP contribution in [-0.2, 0) is 4.79 Å². The molecule has 6 heteroatoms. The fourth-order valence-electron chi connectivity index (χ4n) is 6.96. The first kappa shape index (κ1) is 28.1. The van der Waals surface area contributed by atoms with E-state index < -0.39 is 25.7 Å². The molecular formula is C28H44N2O3Si. The number of nitrogens with zero attached hydrogens (tertiary/aromatic N) is 1. The standard InChI is InChI=1S/C28H44N2O3Si/c1-18(2)34(19(3)4,20(5)6)15-14-23-12-13-26-24(17-23)25(29-27(32)33)16-21(7)30(26,22(8)31)28(9,10)11/h12-13,17-21,25,29H,16H2,1-11H3/t21-,25+,30?/m0/s1. The van der Waals surface area contributed by atoms with E-state index >= 15 is 0 Å². The van der Waals surface area contributed by atoms with E-state index in [4.69, 9.17) is 0 Å². The molecule has 0 saturated heterocycles. The fourth-order valence-corrected chi connectivity index (χ4v) is 12.2. The van der Waals surface area contributed by atoms with Crippen molar-refractivity contribution >= 4 is 25.8 Å². The van der Waals surface area contributed by atoms with Gasteiger partial charge in [-0.05, 0) is 56.5 Å². The molecule has 0 spiro atoms. The predicted octanol–water partition coefficient (Wildman–Crippen LogP) is 5.67. The van der Waals surface area contributed by atoms with Gasteiger partial charge in [0.2, 0.25) is 0 Å². The number of quaternary nitrogens is 1. The van der Waals surface area contributed by atoms with Gasteiger partial charge in [-0.1, -0.05) is 47.5 Å². The number of hydrogen-bond acceptors (Lipinski definition) is 3. The normalized spacial score (nSPS) is 22.9. The number of carbonyl (C=O) groups is 2. The Balaban J connectivity index is 2.80. The summed E-state index contributed by atoms with van der Waals surface area (Å²) in [5.41, 5.74) is 7.48. The average Bonchev–Trinajstić information content (AvgIpc) is 2.66. The van der Waals surface area contributed by atoms with Gasteiger partial charge in [-0.15, -0.1) is 5.54 Å². The minimum Gasteiger partial charge on any atom is -0.530 e. The van der Waals surface area contributed by atoms with Crippen LogP contribution in [0.4, 0.5) is 10.5 Å². The quantitative estimate of drug-likeness (QED) is 0.340. The van der Waals surface area contributed by atoms with Gasteiger partial charge in [-0.2, -0.15) is 0 Å². The molecule has 1 aromatic carbocycles. The summed E-state index contributed by atoms with van der Waals surface area (Å²) in [5, 5.41) is 14.1.